The van der Waals surface area contributed by atoms with Crippen LogP contribution in [0.2, 0.25) is 5.02 Å². The Kier molecular flexibility index (Phi) is 3.09. The van der Waals surface area contributed by atoms with Crippen molar-refractivity contribution in [3.05, 3.63) is 47.5 Å². The van der Waals surface area contributed by atoms with Crippen molar-refractivity contribution in [2.75, 3.05) is 0 Å². The van der Waals surface area contributed by atoms with Crippen molar-refractivity contribution < 1.29 is 10.2 Å². The lowest BCUT2D eigenvalue weighted by molar-refractivity contribution is 0.0360. The van der Waals surface area contributed by atoms with E-state index in [-0.39, 0.29) is 5.75 Å². The van der Waals surface area contributed by atoms with Gasteiger partial charge in [0, 0.05) is 23.0 Å². The van der Waals surface area contributed by atoms with Gasteiger partial charge in [-0.15, -0.1) is 0 Å². The summed E-state index contributed by atoms with van der Waals surface area (Å²) in [5.74, 6) is 0.0273. The van der Waals surface area contributed by atoms with Crippen LogP contribution in [-0.4, -0.2) is 19.8 Å². The lowest BCUT2D eigenvalue weighted by Gasteiger charge is -2.25. The van der Waals surface area contributed by atoms with Gasteiger partial charge in [0.2, 0.25) is 0 Å². The topological polar surface area (TPSA) is 58.3 Å². The highest BCUT2D eigenvalue weighted by molar-refractivity contribution is 6.30. The van der Waals surface area contributed by atoms with Crippen molar-refractivity contribution in [2.24, 2.45) is 0 Å². The summed E-state index contributed by atoms with van der Waals surface area (Å²) in [5.41, 5.74) is -0.811. The van der Waals surface area contributed by atoms with Crippen molar-refractivity contribution in [3.8, 4) is 5.75 Å². The predicted molar refractivity (Wildman–Crippen MR) is 64.9 cm³/mol. The molecule has 0 aliphatic carbocycles. The minimum Gasteiger partial charge on any atom is -0.508 e. The first-order chi connectivity index (χ1) is 7.99. The predicted octanol–water partition coefficient (Wildman–Crippen LogP) is 2.15. The Morgan fingerprint density at radius 3 is 2.88 bits per heavy atom. The number of phenols is 1. The largest absolute Gasteiger partial charge is 0.508 e. The summed E-state index contributed by atoms with van der Waals surface area (Å²) < 4.78 is 1.74. The van der Waals surface area contributed by atoms with E-state index in [1.807, 2.05) is 0 Å². The molecule has 1 heterocycles. The van der Waals surface area contributed by atoms with Crippen molar-refractivity contribution in [2.45, 2.75) is 19.1 Å². The number of hydrogen-bond donors (Lipinski definition) is 2. The molecule has 1 aromatic heterocycles. The van der Waals surface area contributed by atoms with Crippen LogP contribution in [-0.2, 0) is 12.1 Å². The molecule has 17 heavy (non-hydrogen) atoms. The van der Waals surface area contributed by atoms with Crippen LogP contribution in [0.4, 0.5) is 0 Å². The fraction of sp³-hybridized carbons (Fsp3) is 0.250. The molecule has 1 unspecified atom stereocenters. The number of aromatic nitrogens is 2. The molecule has 1 aromatic carbocycles. The van der Waals surface area contributed by atoms with Crippen molar-refractivity contribution >= 4 is 11.6 Å². The van der Waals surface area contributed by atoms with Gasteiger partial charge in [0.05, 0.1) is 12.9 Å². The molecule has 0 aliphatic heterocycles. The third-order valence-electron chi connectivity index (χ3n) is 2.59. The normalized spacial score (nSPS) is 14.5. The first kappa shape index (κ1) is 12.0. The van der Waals surface area contributed by atoms with Crippen LogP contribution in [0.25, 0.3) is 0 Å². The lowest BCUT2D eigenvalue weighted by Crippen LogP contribution is -2.27. The monoisotopic (exact) mass is 252 g/mol. The van der Waals surface area contributed by atoms with Gasteiger partial charge >= 0.3 is 0 Å². The zero-order valence-corrected chi connectivity index (χ0v) is 10.1. The summed E-state index contributed by atoms with van der Waals surface area (Å²) in [4.78, 5) is 3.90. The van der Waals surface area contributed by atoms with E-state index < -0.39 is 5.60 Å². The van der Waals surface area contributed by atoms with E-state index in [9.17, 15) is 10.2 Å². The molecule has 0 saturated heterocycles. The molecule has 4 nitrogen and oxygen atoms in total. The van der Waals surface area contributed by atoms with Crippen LogP contribution in [0.1, 0.15) is 12.5 Å². The van der Waals surface area contributed by atoms with Crippen LogP contribution in [0, 0.1) is 0 Å². The Hall–Kier alpha value is -1.52. The second kappa shape index (κ2) is 4.39. The lowest BCUT2D eigenvalue weighted by atomic mass is 9.95. The minimum atomic E-state index is -1.21. The molecule has 90 valence electrons. The van der Waals surface area contributed by atoms with E-state index in [4.69, 9.17) is 11.6 Å². The molecule has 0 fully saturated rings. The number of phenolic OH excluding ortho intramolecular Hbond substituents is 1. The minimum absolute atomic E-state index is 0.0273. The number of nitrogens with zero attached hydrogens (tertiary/aromatic N) is 2. The molecule has 5 heteroatoms. The Morgan fingerprint density at radius 2 is 2.24 bits per heavy atom. The summed E-state index contributed by atoms with van der Waals surface area (Å²) in [5, 5.41) is 20.6. The third-order valence-corrected chi connectivity index (χ3v) is 2.82. The number of hydrogen-bond acceptors (Lipinski definition) is 3. The first-order valence-corrected chi connectivity index (χ1v) is 5.54. The fourth-order valence-electron chi connectivity index (χ4n) is 1.76. The first-order valence-electron chi connectivity index (χ1n) is 5.16. The molecule has 2 rings (SSSR count). The quantitative estimate of drug-likeness (QED) is 0.880. The summed E-state index contributed by atoms with van der Waals surface area (Å²) >= 11 is 5.86. The Balaban J connectivity index is 2.33. The standard InChI is InChI=1S/C12H13ClN2O2/c1-12(17,7-15-5-4-14-8-15)10-6-9(13)2-3-11(10)16/h2-6,8,16-17H,7H2,1H3. The van der Waals surface area contributed by atoms with Gasteiger partial charge in [0.15, 0.2) is 0 Å². The molecule has 0 spiro atoms. The second-order valence-electron chi connectivity index (χ2n) is 4.17. The second-order valence-corrected chi connectivity index (χ2v) is 4.61. The molecule has 0 saturated carbocycles. The number of imidazole rings is 1. The molecular weight excluding hydrogens is 240 g/mol. The van der Waals surface area contributed by atoms with Gasteiger partial charge in [-0.25, -0.2) is 4.98 Å². The van der Waals surface area contributed by atoms with Gasteiger partial charge in [0.25, 0.3) is 0 Å². The van der Waals surface area contributed by atoms with Gasteiger partial charge in [-0.1, -0.05) is 11.6 Å². The highest BCUT2D eigenvalue weighted by Crippen LogP contribution is 2.32. The van der Waals surface area contributed by atoms with Crippen LogP contribution in [0.15, 0.2) is 36.9 Å². The molecule has 0 radical (unpaired) electrons. The molecule has 2 N–H and O–H groups in total. The molecular formula is C12H13ClN2O2. The Morgan fingerprint density at radius 1 is 1.47 bits per heavy atom. The molecule has 1 atom stereocenters. The van der Waals surface area contributed by atoms with Crippen LogP contribution in [0.3, 0.4) is 0 Å². The van der Waals surface area contributed by atoms with Crippen LogP contribution >= 0.6 is 11.6 Å². The molecule has 2 aromatic rings. The maximum absolute atomic E-state index is 10.4. The summed E-state index contributed by atoms with van der Waals surface area (Å²) in [6.07, 6.45) is 4.99. The highest BCUT2D eigenvalue weighted by atomic mass is 35.5. The van der Waals surface area contributed by atoms with E-state index in [1.165, 1.54) is 6.07 Å². The summed E-state index contributed by atoms with van der Waals surface area (Å²) in [6, 6.07) is 4.61. The SMILES string of the molecule is CC(O)(Cn1ccnc1)c1cc(Cl)ccc1O. The van der Waals surface area contributed by atoms with Gasteiger partial charge in [-0.3, -0.25) is 0 Å². The van der Waals surface area contributed by atoms with Gasteiger partial charge in [0.1, 0.15) is 11.4 Å². The van der Waals surface area contributed by atoms with Crippen molar-refractivity contribution in [3.63, 3.8) is 0 Å². The molecule has 0 bridgehead atoms. The maximum atomic E-state index is 10.4. The number of rotatable bonds is 3. The Bertz CT molecular complexity index is 509. The van der Waals surface area contributed by atoms with Crippen molar-refractivity contribution in [1.82, 2.24) is 9.55 Å². The smallest absolute Gasteiger partial charge is 0.121 e. The van der Waals surface area contributed by atoms with Crippen LogP contribution < -0.4 is 0 Å². The van der Waals surface area contributed by atoms with Crippen LogP contribution in [0.5, 0.6) is 5.75 Å². The van der Waals surface area contributed by atoms with E-state index in [0.717, 1.165) is 0 Å². The molecule has 0 amide bonds. The number of aromatic hydroxyl groups is 1. The summed E-state index contributed by atoms with van der Waals surface area (Å²) in [6.45, 7) is 1.92. The third kappa shape index (κ3) is 2.60. The summed E-state index contributed by atoms with van der Waals surface area (Å²) in [7, 11) is 0. The van der Waals surface area contributed by atoms with Gasteiger partial charge < -0.3 is 14.8 Å². The zero-order chi connectivity index (χ0) is 12.5. The fourth-order valence-corrected chi connectivity index (χ4v) is 1.93. The average molecular weight is 253 g/mol. The number of halogens is 1. The zero-order valence-electron chi connectivity index (χ0n) is 9.34. The maximum Gasteiger partial charge on any atom is 0.121 e. The van der Waals surface area contributed by atoms with Gasteiger partial charge in [-0.05, 0) is 25.1 Å². The van der Waals surface area contributed by atoms with E-state index in [0.29, 0.717) is 17.1 Å². The number of aliphatic hydroxyl groups is 1. The van der Waals surface area contributed by atoms with Crippen molar-refractivity contribution in [1.29, 1.82) is 0 Å². The van der Waals surface area contributed by atoms with E-state index >= 15 is 0 Å². The average Bonchev–Trinajstić information content (AvgIpc) is 2.73. The Labute approximate surface area is 104 Å². The number of benzene rings is 1. The van der Waals surface area contributed by atoms with Gasteiger partial charge in [-0.2, -0.15) is 0 Å². The molecule has 0 aliphatic rings. The van der Waals surface area contributed by atoms with E-state index in [1.54, 1.807) is 42.3 Å². The van der Waals surface area contributed by atoms with E-state index in [2.05, 4.69) is 4.98 Å². The highest BCUT2D eigenvalue weighted by Gasteiger charge is 2.27.